The van der Waals surface area contributed by atoms with E-state index in [2.05, 4.69) is 184 Å². The van der Waals surface area contributed by atoms with Crippen molar-refractivity contribution in [3.63, 3.8) is 0 Å². The summed E-state index contributed by atoms with van der Waals surface area (Å²) < 4.78 is 11.8. The van der Waals surface area contributed by atoms with Gasteiger partial charge in [-0.15, -0.1) is 18.2 Å². The van der Waals surface area contributed by atoms with Gasteiger partial charge in [-0.2, -0.15) is 0 Å². The molecule has 12 heteroatoms. The third kappa shape index (κ3) is 24.3. The molecule has 2 amide bonds. The fourth-order valence-electron chi connectivity index (χ4n) is 8.82. The predicted octanol–water partition coefficient (Wildman–Crippen LogP) is 7.51. The molecule has 0 spiro atoms. The molecule has 4 aromatic rings. The maximum atomic E-state index is 13.2. The first-order valence-corrected chi connectivity index (χ1v) is 29.1. The molecule has 1 saturated heterocycles. The Morgan fingerprint density at radius 3 is 1.58 bits per heavy atom. The van der Waals surface area contributed by atoms with Crippen molar-refractivity contribution in [3.8, 4) is 154 Å². The lowest BCUT2D eigenvalue weighted by Crippen LogP contribution is -2.60. The lowest BCUT2D eigenvalue weighted by molar-refractivity contribution is -0.294. The van der Waals surface area contributed by atoms with Crippen LogP contribution in [0.2, 0.25) is 0 Å². The Labute approximate surface area is 500 Å². The van der Waals surface area contributed by atoms with Crippen LogP contribution < -0.4 is 10.6 Å². The molecule has 1 fully saturated rings. The molecule has 0 bridgehead atoms. The third-order valence-electron chi connectivity index (χ3n) is 13.0. The van der Waals surface area contributed by atoms with E-state index in [1.807, 2.05) is 48.5 Å². The number of carbonyl (C=O) groups excluding carboxylic acids is 2. The number of nitrogens with one attached hydrogen (secondary N) is 2. The zero-order chi connectivity index (χ0) is 59.8. The smallest absolute Gasteiger partial charge is 0.234 e. The number of benzene rings is 4. The Bertz CT molecular complexity index is 3610. The van der Waals surface area contributed by atoms with Crippen molar-refractivity contribution in [1.29, 1.82) is 0 Å². The number of carbonyl (C=O) groups is 2. The van der Waals surface area contributed by atoms with Crippen LogP contribution in [-0.2, 0) is 19.1 Å². The number of aliphatic hydroxyl groups is 5. The van der Waals surface area contributed by atoms with Crippen molar-refractivity contribution in [2.45, 2.75) is 146 Å². The zero-order valence-electron chi connectivity index (χ0n) is 47.0. The number of hydrogen-bond acceptors (Lipinski definition) is 10. The van der Waals surface area contributed by atoms with E-state index in [9.17, 15) is 35.1 Å². The highest BCUT2D eigenvalue weighted by molar-refractivity contribution is 8.00. The molecule has 0 saturated carbocycles. The largest absolute Gasteiger partial charge is 0.390 e. The van der Waals surface area contributed by atoms with Crippen molar-refractivity contribution in [1.82, 2.24) is 5.32 Å². The van der Waals surface area contributed by atoms with E-state index in [1.54, 1.807) is 0 Å². The summed E-state index contributed by atoms with van der Waals surface area (Å²) in [5.74, 6) is 56.0. The quantitative estimate of drug-likeness (QED) is 0.0189. The second kappa shape index (κ2) is 39.5. The number of terminal acetylenes is 1. The van der Waals surface area contributed by atoms with Crippen LogP contribution >= 0.6 is 11.8 Å². The number of unbranched alkanes of at least 4 members (excludes halogenated alkanes) is 11. The van der Waals surface area contributed by atoms with Gasteiger partial charge in [0.1, 0.15) is 24.4 Å². The van der Waals surface area contributed by atoms with Gasteiger partial charge < -0.3 is 45.6 Å². The normalized spacial score (nSPS) is 16.1. The summed E-state index contributed by atoms with van der Waals surface area (Å²) in [6.45, 7) is 1.75. The predicted molar refractivity (Wildman–Crippen MR) is 334 cm³/mol. The maximum Gasteiger partial charge on any atom is 0.234 e. The molecule has 0 aliphatic carbocycles. The van der Waals surface area contributed by atoms with Gasteiger partial charge in [0.25, 0.3) is 0 Å². The van der Waals surface area contributed by atoms with E-state index < -0.39 is 61.5 Å². The molecule has 1 aliphatic heterocycles. The molecule has 11 nitrogen and oxygen atoms in total. The number of ether oxygens (including phenoxy) is 2. The Morgan fingerprint density at radius 1 is 0.595 bits per heavy atom. The summed E-state index contributed by atoms with van der Waals surface area (Å²) in [4.78, 5) is 26.3. The molecule has 0 aromatic heterocycles. The lowest BCUT2D eigenvalue weighted by atomic mass is 9.92. The van der Waals surface area contributed by atoms with Crippen molar-refractivity contribution >= 4 is 50.8 Å². The average Bonchev–Trinajstić information content (AvgIpc) is 2.51. The van der Waals surface area contributed by atoms with Gasteiger partial charge in [0.15, 0.2) is 6.29 Å². The first-order valence-electron chi connectivity index (χ1n) is 27.9. The van der Waals surface area contributed by atoms with E-state index in [1.165, 1.54) is 44.9 Å². The second-order valence-electron chi connectivity index (χ2n) is 19.2. The van der Waals surface area contributed by atoms with Crippen molar-refractivity contribution < 1.29 is 44.6 Å². The van der Waals surface area contributed by atoms with Gasteiger partial charge in [-0.25, -0.2) is 0 Å². The van der Waals surface area contributed by atoms with Crippen LogP contribution in [0.1, 0.15) is 96.8 Å². The van der Waals surface area contributed by atoms with Crippen molar-refractivity contribution in [3.05, 3.63) is 78.9 Å². The summed E-state index contributed by atoms with van der Waals surface area (Å²) in [6, 6.07) is 25.1. The standard InChI is InChI=1S/C72H66N2O9S/c1-3-5-7-9-11-13-15-17-18-19-20-21-22-23-24-25-26-27-29-31-33-35-37-47-65(76)74-62(68(78)63(75)46-36-34-32-30-28-16-14-12-10-8-6-4-2)53-82-72-71(81)70(80)69(79)64(83-72)54-84-55-66(77)73-59-50-48-56(49-51-59)67-60-44-40-38-42-57(60)52-58-43-39-41-45-61(58)67/h1,38-45,48-52,62-64,68-72,75,78-81H,4,6,8,10,12,14,16,28,30,32,34,36,46-47,53-55H2,2H3,(H,73,77)(H,74,76)/t62-,63+,64?,68-,69-,70?,71-,72-/m0/s1. The Balaban J connectivity index is 1.12. The molecule has 5 rings (SSSR count). The number of fused-ring (bicyclic) bond motifs is 2. The molecular formula is C72H66N2O9S. The topological polar surface area (TPSA) is 178 Å². The third-order valence-corrected chi connectivity index (χ3v) is 14.0. The van der Waals surface area contributed by atoms with Crippen molar-refractivity contribution in [2.24, 2.45) is 0 Å². The molecule has 0 radical (unpaired) electrons. The molecule has 1 aliphatic rings. The Kier molecular flexibility index (Phi) is 31.0. The van der Waals surface area contributed by atoms with Crippen LogP contribution in [0.3, 0.4) is 0 Å². The van der Waals surface area contributed by atoms with Gasteiger partial charge in [0, 0.05) is 47.0 Å². The number of thioether (sulfide) groups is 1. The van der Waals surface area contributed by atoms with E-state index in [0.29, 0.717) is 12.1 Å². The Hall–Kier alpha value is -8.87. The fraction of sp³-hybridized carbons (Fsp3) is 0.361. The van der Waals surface area contributed by atoms with E-state index in [-0.39, 0.29) is 30.3 Å². The van der Waals surface area contributed by atoms with Crippen LogP contribution in [0.15, 0.2) is 78.9 Å². The summed E-state index contributed by atoms with van der Waals surface area (Å²) in [7, 11) is 0. The summed E-state index contributed by atoms with van der Waals surface area (Å²) in [6.07, 6.45) is 8.20. The van der Waals surface area contributed by atoms with Gasteiger partial charge in [0.2, 0.25) is 11.8 Å². The van der Waals surface area contributed by atoms with Crippen LogP contribution in [0.4, 0.5) is 5.69 Å². The fourth-order valence-corrected chi connectivity index (χ4v) is 9.70. The number of amides is 2. The van der Waals surface area contributed by atoms with Crippen LogP contribution in [0.5, 0.6) is 0 Å². The van der Waals surface area contributed by atoms with Gasteiger partial charge in [-0.05, 0) is 152 Å². The van der Waals surface area contributed by atoms with Crippen LogP contribution in [0, 0.1) is 143 Å². The van der Waals surface area contributed by atoms with E-state index >= 15 is 0 Å². The highest BCUT2D eigenvalue weighted by Crippen LogP contribution is 2.37. The highest BCUT2D eigenvalue weighted by atomic mass is 32.2. The molecule has 424 valence electrons. The summed E-state index contributed by atoms with van der Waals surface area (Å²) >= 11 is 1.15. The molecule has 2 unspecified atom stereocenters. The minimum Gasteiger partial charge on any atom is -0.390 e. The van der Waals surface area contributed by atoms with Gasteiger partial charge in [-0.3, -0.25) is 9.59 Å². The first-order chi connectivity index (χ1) is 41.1. The number of rotatable bonds is 26. The van der Waals surface area contributed by atoms with Gasteiger partial charge in [-0.1, -0.05) is 151 Å². The number of aliphatic hydroxyl groups excluding tert-OH is 5. The second-order valence-corrected chi connectivity index (χ2v) is 20.2. The monoisotopic (exact) mass is 1130 g/mol. The molecular weight excluding hydrogens is 1070 g/mol. The summed E-state index contributed by atoms with van der Waals surface area (Å²) in [5.41, 5.74) is 2.71. The molecule has 8 atom stereocenters. The van der Waals surface area contributed by atoms with Crippen LogP contribution in [0.25, 0.3) is 32.7 Å². The Morgan fingerprint density at radius 2 is 1.07 bits per heavy atom. The van der Waals surface area contributed by atoms with Crippen LogP contribution in [-0.4, -0.2) is 104 Å². The highest BCUT2D eigenvalue weighted by Gasteiger charge is 2.45. The minimum absolute atomic E-state index is 0.0221. The number of anilines is 1. The molecule has 84 heavy (non-hydrogen) atoms. The maximum absolute atomic E-state index is 13.2. The molecule has 4 aromatic carbocycles. The molecule has 1 heterocycles. The molecule has 7 N–H and O–H groups in total. The lowest BCUT2D eigenvalue weighted by Gasteiger charge is -2.41. The van der Waals surface area contributed by atoms with E-state index in [4.69, 9.17) is 15.9 Å². The zero-order valence-corrected chi connectivity index (χ0v) is 47.8. The van der Waals surface area contributed by atoms with E-state index in [0.717, 1.165) is 70.1 Å². The average molecular weight is 1140 g/mol. The van der Waals surface area contributed by atoms with Gasteiger partial charge in [0.05, 0.1) is 37.0 Å². The first kappa shape index (κ1) is 65.9. The minimum atomic E-state index is -1.72. The SMILES string of the molecule is C#CC#CC#CC#CC#CC#CC#CC#CC#CC#CC#CC#CCC(=O)N[C@@H](CO[C@H]1OC(CSCC(=O)Nc2ccc(-c3c4ccccc4cc4ccccc34)cc2)[C@H](O)C(O)[C@@H]1O)[C@H](O)[C@H](O)CCCCCCCCCCCCCC. The van der Waals surface area contributed by atoms with Gasteiger partial charge >= 0.3 is 0 Å². The summed E-state index contributed by atoms with van der Waals surface area (Å²) in [5, 5.41) is 65.4. The number of hydrogen-bond donors (Lipinski definition) is 7. The van der Waals surface area contributed by atoms with Crippen molar-refractivity contribution in [2.75, 3.05) is 23.4 Å².